The summed E-state index contributed by atoms with van der Waals surface area (Å²) in [7, 11) is 0. The fourth-order valence-corrected chi connectivity index (χ4v) is 2.79. The van der Waals surface area contributed by atoms with Gasteiger partial charge in [0.1, 0.15) is 11.4 Å². The van der Waals surface area contributed by atoms with Crippen LogP contribution >= 0.6 is 11.6 Å². The summed E-state index contributed by atoms with van der Waals surface area (Å²) in [5.41, 5.74) is 1.80. The SMILES string of the molecule is CC1(C)CC(Nc2cccnc2Cl)c2ccccc2O1. The fraction of sp³-hybridized carbons (Fsp3) is 0.312. The lowest BCUT2D eigenvalue weighted by Crippen LogP contribution is -2.37. The van der Waals surface area contributed by atoms with Crippen molar-refractivity contribution in [1.82, 2.24) is 4.98 Å². The van der Waals surface area contributed by atoms with Gasteiger partial charge in [-0.3, -0.25) is 0 Å². The second-order valence-electron chi connectivity index (χ2n) is 5.64. The normalized spacial score (nSPS) is 19.9. The number of halogens is 1. The topological polar surface area (TPSA) is 34.2 Å². The first-order valence-corrected chi connectivity index (χ1v) is 7.08. The Hall–Kier alpha value is -1.74. The minimum Gasteiger partial charge on any atom is -0.487 e. The van der Waals surface area contributed by atoms with E-state index >= 15 is 0 Å². The highest BCUT2D eigenvalue weighted by Gasteiger charge is 2.33. The maximum absolute atomic E-state index is 6.14. The number of hydrogen-bond donors (Lipinski definition) is 1. The standard InChI is InChI=1S/C16H17ClN2O/c1-16(2)10-13(11-6-3-4-8-14(11)20-16)19-12-7-5-9-18-15(12)17/h3-9,13,19H,10H2,1-2H3. The van der Waals surface area contributed by atoms with Crippen LogP contribution in [0.1, 0.15) is 31.9 Å². The number of fused-ring (bicyclic) bond motifs is 1. The van der Waals surface area contributed by atoms with Gasteiger partial charge < -0.3 is 10.1 Å². The number of anilines is 1. The predicted octanol–water partition coefficient (Wildman–Crippen LogP) is 4.45. The van der Waals surface area contributed by atoms with E-state index in [1.807, 2.05) is 30.3 Å². The molecule has 1 aromatic carbocycles. The molecule has 3 rings (SSSR count). The number of nitrogens with one attached hydrogen (secondary N) is 1. The fourth-order valence-electron chi connectivity index (χ4n) is 2.61. The van der Waals surface area contributed by atoms with Crippen LogP contribution in [-0.2, 0) is 0 Å². The third kappa shape index (κ3) is 2.59. The van der Waals surface area contributed by atoms with Gasteiger partial charge in [-0.05, 0) is 32.0 Å². The highest BCUT2D eigenvalue weighted by atomic mass is 35.5. The number of nitrogens with zero attached hydrogens (tertiary/aromatic N) is 1. The molecule has 0 saturated heterocycles. The Labute approximate surface area is 123 Å². The summed E-state index contributed by atoms with van der Waals surface area (Å²) in [6, 6.07) is 12.1. The van der Waals surface area contributed by atoms with E-state index in [1.165, 1.54) is 0 Å². The lowest BCUT2D eigenvalue weighted by molar-refractivity contribution is 0.0759. The number of ether oxygens (including phenoxy) is 1. The molecule has 0 aliphatic carbocycles. The summed E-state index contributed by atoms with van der Waals surface area (Å²) in [4.78, 5) is 4.11. The van der Waals surface area contributed by atoms with Crippen molar-refractivity contribution in [1.29, 1.82) is 0 Å². The van der Waals surface area contributed by atoms with Crippen molar-refractivity contribution in [3.63, 3.8) is 0 Å². The Morgan fingerprint density at radius 2 is 2.05 bits per heavy atom. The van der Waals surface area contributed by atoms with Gasteiger partial charge in [-0.25, -0.2) is 4.98 Å². The van der Waals surface area contributed by atoms with Gasteiger partial charge in [-0.1, -0.05) is 29.8 Å². The van der Waals surface area contributed by atoms with Crippen molar-refractivity contribution in [3.8, 4) is 5.75 Å². The summed E-state index contributed by atoms with van der Waals surface area (Å²) in [5.74, 6) is 0.932. The van der Waals surface area contributed by atoms with E-state index in [-0.39, 0.29) is 11.6 Å². The number of pyridine rings is 1. The molecular formula is C16H17ClN2O. The van der Waals surface area contributed by atoms with Gasteiger partial charge in [0.05, 0.1) is 11.7 Å². The summed E-state index contributed by atoms with van der Waals surface area (Å²) >= 11 is 6.14. The highest BCUT2D eigenvalue weighted by Crippen LogP contribution is 2.41. The number of hydrogen-bond acceptors (Lipinski definition) is 3. The van der Waals surface area contributed by atoms with Crippen molar-refractivity contribution >= 4 is 17.3 Å². The van der Waals surface area contributed by atoms with Crippen LogP contribution in [0.25, 0.3) is 0 Å². The zero-order valence-electron chi connectivity index (χ0n) is 11.6. The molecular weight excluding hydrogens is 272 g/mol. The van der Waals surface area contributed by atoms with Crippen molar-refractivity contribution in [2.24, 2.45) is 0 Å². The average molecular weight is 289 g/mol. The largest absolute Gasteiger partial charge is 0.487 e. The van der Waals surface area contributed by atoms with Gasteiger partial charge in [0, 0.05) is 18.2 Å². The molecule has 0 bridgehead atoms. The molecule has 1 atom stereocenters. The van der Waals surface area contributed by atoms with E-state index in [4.69, 9.17) is 16.3 Å². The summed E-state index contributed by atoms with van der Waals surface area (Å²) in [6.45, 7) is 4.20. The summed E-state index contributed by atoms with van der Waals surface area (Å²) in [6.07, 6.45) is 2.56. The quantitative estimate of drug-likeness (QED) is 0.829. The zero-order chi connectivity index (χ0) is 14.2. The molecule has 4 heteroatoms. The van der Waals surface area contributed by atoms with Crippen molar-refractivity contribution in [2.45, 2.75) is 31.9 Å². The summed E-state index contributed by atoms with van der Waals surface area (Å²) in [5, 5.41) is 3.98. The molecule has 104 valence electrons. The second kappa shape index (κ2) is 4.98. The predicted molar refractivity (Wildman–Crippen MR) is 81.4 cm³/mol. The zero-order valence-corrected chi connectivity index (χ0v) is 12.3. The van der Waals surface area contributed by atoms with E-state index in [0.717, 1.165) is 23.4 Å². The molecule has 1 aromatic heterocycles. The Balaban J connectivity index is 1.95. The number of rotatable bonds is 2. The van der Waals surface area contributed by atoms with E-state index in [9.17, 15) is 0 Å². The van der Waals surface area contributed by atoms with Crippen LogP contribution in [0.2, 0.25) is 5.15 Å². The van der Waals surface area contributed by atoms with E-state index in [1.54, 1.807) is 6.20 Å². The molecule has 0 fully saturated rings. The third-order valence-electron chi connectivity index (χ3n) is 3.47. The Bertz CT molecular complexity index is 627. The average Bonchev–Trinajstić information content (AvgIpc) is 2.40. The van der Waals surface area contributed by atoms with Crippen molar-refractivity contribution in [2.75, 3.05) is 5.32 Å². The maximum atomic E-state index is 6.14. The molecule has 0 spiro atoms. The first-order valence-electron chi connectivity index (χ1n) is 6.70. The van der Waals surface area contributed by atoms with Gasteiger partial charge in [0.25, 0.3) is 0 Å². The van der Waals surface area contributed by atoms with Gasteiger partial charge >= 0.3 is 0 Å². The van der Waals surface area contributed by atoms with E-state index in [0.29, 0.717) is 5.15 Å². The molecule has 2 aromatic rings. The van der Waals surface area contributed by atoms with Crippen LogP contribution in [0.4, 0.5) is 5.69 Å². The molecule has 0 amide bonds. The lowest BCUT2D eigenvalue weighted by Gasteiger charge is -2.38. The van der Waals surface area contributed by atoms with Gasteiger partial charge in [-0.15, -0.1) is 0 Å². The Kier molecular flexibility index (Phi) is 3.30. The van der Waals surface area contributed by atoms with Crippen LogP contribution in [0.5, 0.6) is 5.75 Å². The Morgan fingerprint density at radius 3 is 2.85 bits per heavy atom. The second-order valence-corrected chi connectivity index (χ2v) is 6.00. The van der Waals surface area contributed by atoms with Crippen LogP contribution in [0, 0.1) is 0 Å². The third-order valence-corrected chi connectivity index (χ3v) is 3.77. The van der Waals surface area contributed by atoms with Crippen molar-refractivity contribution < 1.29 is 4.74 Å². The van der Waals surface area contributed by atoms with Crippen LogP contribution in [0.3, 0.4) is 0 Å². The molecule has 1 aliphatic heterocycles. The molecule has 0 radical (unpaired) electrons. The minimum absolute atomic E-state index is 0.164. The molecule has 0 saturated carbocycles. The molecule has 20 heavy (non-hydrogen) atoms. The van der Waals surface area contributed by atoms with E-state index < -0.39 is 0 Å². The monoisotopic (exact) mass is 288 g/mol. The minimum atomic E-state index is -0.208. The van der Waals surface area contributed by atoms with Crippen LogP contribution < -0.4 is 10.1 Å². The lowest BCUT2D eigenvalue weighted by atomic mass is 9.89. The number of aromatic nitrogens is 1. The van der Waals surface area contributed by atoms with E-state index in [2.05, 4.69) is 30.2 Å². The van der Waals surface area contributed by atoms with Crippen LogP contribution in [-0.4, -0.2) is 10.6 Å². The first kappa shape index (κ1) is 13.3. The highest BCUT2D eigenvalue weighted by molar-refractivity contribution is 6.31. The Morgan fingerprint density at radius 1 is 1.25 bits per heavy atom. The molecule has 2 heterocycles. The van der Waals surface area contributed by atoms with Gasteiger partial charge in [0.2, 0.25) is 0 Å². The van der Waals surface area contributed by atoms with Crippen LogP contribution in [0.15, 0.2) is 42.6 Å². The summed E-state index contributed by atoms with van der Waals surface area (Å²) < 4.78 is 6.03. The molecule has 1 aliphatic rings. The van der Waals surface area contributed by atoms with Gasteiger partial charge in [-0.2, -0.15) is 0 Å². The van der Waals surface area contributed by atoms with Crippen molar-refractivity contribution in [3.05, 3.63) is 53.3 Å². The maximum Gasteiger partial charge on any atom is 0.152 e. The number of benzene rings is 1. The molecule has 1 N–H and O–H groups in total. The van der Waals surface area contributed by atoms with Gasteiger partial charge in [0.15, 0.2) is 5.15 Å². The smallest absolute Gasteiger partial charge is 0.152 e. The molecule has 3 nitrogen and oxygen atoms in total. The first-order chi connectivity index (χ1) is 9.55. The number of para-hydroxylation sites is 1. The molecule has 1 unspecified atom stereocenters.